The van der Waals surface area contributed by atoms with Crippen LogP contribution in [0.3, 0.4) is 0 Å². The molecule has 0 spiro atoms. The molecule has 1 saturated heterocycles. The predicted molar refractivity (Wildman–Crippen MR) is 103 cm³/mol. The van der Waals surface area contributed by atoms with Crippen LogP contribution in [0, 0.1) is 0 Å². The summed E-state index contributed by atoms with van der Waals surface area (Å²) in [7, 11) is -3.88. The smallest absolute Gasteiger partial charge is 0.284 e. The second-order valence-electron chi connectivity index (χ2n) is 5.29. The highest BCUT2D eigenvalue weighted by molar-refractivity contribution is 9.10. The molecule has 0 aromatic heterocycles. The Labute approximate surface area is 159 Å². The van der Waals surface area contributed by atoms with E-state index in [1.165, 1.54) is 28.8 Å². The molecular formula is C17H15BrN2O3S2. The maximum atomic E-state index is 12.6. The van der Waals surface area contributed by atoms with E-state index in [4.69, 9.17) is 0 Å². The average Bonchev–Trinajstić information content (AvgIpc) is 2.91. The standard InChI is InChI=1S/C17H15BrN2O3S2/c1-2-20-16(21)15(12-6-4-3-5-7-12)24-17(20)19-25(22,23)14-10-8-13(18)9-11-14/h3-11,15H,2H2,1H3/t15-/m0/s1. The molecule has 1 aliphatic heterocycles. The number of amidine groups is 1. The molecule has 0 saturated carbocycles. The number of sulfonamides is 1. The lowest BCUT2D eigenvalue weighted by Crippen LogP contribution is -2.30. The lowest BCUT2D eigenvalue weighted by Gasteiger charge is -2.13. The Morgan fingerprint density at radius 3 is 2.36 bits per heavy atom. The van der Waals surface area contributed by atoms with Crippen LogP contribution in [0.1, 0.15) is 17.7 Å². The molecule has 0 N–H and O–H groups in total. The van der Waals surface area contributed by atoms with Gasteiger partial charge in [-0.2, -0.15) is 8.42 Å². The summed E-state index contributed by atoms with van der Waals surface area (Å²) in [5.41, 5.74) is 0.835. The minimum atomic E-state index is -3.88. The number of halogens is 1. The van der Waals surface area contributed by atoms with Gasteiger partial charge in [-0.3, -0.25) is 9.69 Å². The fraction of sp³-hybridized carbons (Fsp3) is 0.176. The molecule has 1 amide bonds. The van der Waals surface area contributed by atoms with E-state index < -0.39 is 15.3 Å². The van der Waals surface area contributed by atoms with Crippen molar-refractivity contribution in [3.05, 3.63) is 64.6 Å². The Bertz CT molecular complexity index is 913. The van der Waals surface area contributed by atoms with Crippen molar-refractivity contribution < 1.29 is 13.2 Å². The SMILES string of the molecule is CCN1C(=O)[C@H](c2ccccc2)SC1=NS(=O)(=O)c1ccc(Br)cc1. The highest BCUT2D eigenvalue weighted by Gasteiger charge is 2.39. The fourth-order valence-corrected chi connectivity index (χ4v) is 5.12. The van der Waals surface area contributed by atoms with Crippen LogP contribution in [0.4, 0.5) is 0 Å². The summed E-state index contributed by atoms with van der Waals surface area (Å²) in [5, 5.41) is -0.260. The van der Waals surface area contributed by atoms with E-state index in [0.29, 0.717) is 6.54 Å². The van der Waals surface area contributed by atoms with Crippen LogP contribution in [-0.4, -0.2) is 30.9 Å². The van der Waals surface area contributed by atoms with Crippen molar-refractivity contribution in [2.45, 2.75) is 17.1 Å². The van der Waals surface area contributed by atoms with Crippen molar-refractivity contribution in [3.63, 3.8) is 0 Å². The van der Waals surface area contributed by atoms with Crippen LogP contribution >= 0.6 is 27.7 Å². The zero-order chi connectivity index (χ0) is 18.0. The highest BCUT2D eigenvalue weighted by Crippen LogP contribution is 2.39. The average molecular weight is 439 g/mol. The largest absolute Gasteiger partial charge is 0.290 e. The number of carbonyl (C=O) groups is 1. The highest BCUT2D eigenvalue weighted by atomic mass is 79.9. The Kier molecular flexibility index (Phi) is 5.31. The normalized spacial score (nSPS) is 19.6. The van der Waals surface area contributed by atoms with E-state index in [1.807, 2.05) is 30.3 Å². The van der Waals surface area contributed by atoms with Crippen molar-refractivity contribution in [3.8, 4) is 0 Å². The minimum Gasteiger partial charge on any atom is -0.290 e. The molecule has 0 radical (unpaired) electrons. The van der Waals surface area contributed by atoms with Gasteiger partial charge in [0.2, 0.25) is 5.91 Å². The van der Waals surface area contributed by atoms with E-state index >= 15 is 0 Å². The summed E-state index contributed by atoms with van der Waals surface area (Å²) in [5.74, 6) is -0.150. The third-order valence-corrected chi connectivity index (χ3v) is 6.83. The lowest BCUT2D eigenvalue weighted by atomic mass is 10.1. The van der Waals surface area contributed by atoms with Crippen molar-refractivity contribution in [2.75, 3.05) is 6.54 Å². The number of rotatable bonds is 4. The Balaban J connectivity index is 1.96. The number of thioether (sulfide) groups is 1. The second-order valence-corrected chi connectivity index (χ2v) is 8.89. The van der Waals surface area contributed by atoms with Gasteiger partial charge in [0.25, 0.3) is 10.0 Å². The molecule has 1 aliphatic rings. The zero-order valence-electron chi connectivity index (χ0n) is 13.3. The molecule has 0 aliphatic carbocycles. The summed E-state index contributed by atoms with van der Waals surface area (Å²) >= 11 is 4.44. The maximum absolute atomic E-state index is 12.6. The number of amides is 1. The second kappa shape index (κ2) is 7.31. The molecule has 5 nitrogen and oxygen atoms in total. The van der Waals surface area contributed by atoms with Crippen molar-refractivity contribution in [1.29, 1.82) is 0 Å². The van der Waals surface area contributed by atoms with Crippen molar-refractivity contribution >= 4 is 48.8 Å². The lowest BCUT2D eigenvalue weighted by molar-refractivity contribution is -0.126. The summed E-state index contributed by atoms with van der Waals surface area (Å²) in [6, 6.07) is 15.5. The van der Waals surface area contributed by atoms with Gasteiger partial charge in [-0.15, -0.1) is 4.40 Å². The summed E-state index contributed by atoms with van der Waals surface area (Å²) in [6.45, 7) is 2.16. The Hall–Kier alpha value is -1.64. The van der Waals surface area contributed by atoms with Gasteiger partial charge >= 0.3 is 0 Å². The number of likely N-dealkylation sites (N-methyl/N-ethyl adjacent to an activating group) is 1. The van der Waals surface area contributed by atoms with Gasteiger partial charge in [-0.1, -0.05) is 58.0 Å². The monoisotopic (exact) mass is 438 g/mol. The fourth-order valence-electron chi connectivity index (χ4n) is 2.42. The van der Waals surface area contributed by atoms with Gasteiger partial charge in [-0.25, -0.2) is 0 Å². The van der Waals surface area contributed by atoms with E-state index in [1.54, 1.807) is 19.1 Å². The van der Waals surface area contributed by atoms with E-state index in [2.05, 4.69) is 20.3 Å². The first kappa shape index (κ1) is 18.2. The molecule has 1 heterocycles. The molecule has 1 atom stereocenters. The molecule has 2 aromatic rings. The molecule has 130 valence electrons. The molecule has 1 fully saturated rings. The van der Waals surface area contributed by atoms with Crippen LogP contribution in [0.15, 0.2) is 68.4 Å². The van der Waals surface area contributed by atoms with Gasteiger partial charge in [0.15, 0.2) is 5.17 Å². The van der Waals surface area contributed by atoms with Crippen molar-refractivity contribution in [1.82, 2.24) is 4.90 Å². The number of carbonyl (C=O) groups excluding carboxylic acids is 1. The summed E-state index contributed by atoms with van der Waals surface area (Å²) < 4.78 is 29.8. The Morgan fingerprint density at radius 2 is 1.76 bits per heavy atom. The molecule has 0 bridgehead atoms. The number of hydrogen-bond donors (Lipinski definition) is 0. The zero-order valence-corrected chi connectivity index (χ0v) is 16.5. The summed E-state index contributed by atoms with van der Waals surface area (Å²) in [6.07, 6.45) is 0. The van der Waals surface area contributed by atoms with Gasteiger partial charge < -0.3 is 0 Å². The van der Waals surface area contributed by atoms with Crippen LogP contribution in [0.25, 0.3) is 0 Å². The van der Waals surface area contributed by atoms with Crippen LogP contribution < -0.4 is 0 Å². The quantitative estimate of drug-likeness (QED) is 0.727. The maximum Gasteiger partial charge on any atom is 0.284 e. The van der Waals surface area contributed by atoms with Gasteiger partial charge in [-0.05, 0) is 36.8 Å². The van der Waals surface area contributed by atoms with E-state index in [0.717, 1.165) is 10.0 Å². The van der Waals surface area contributed by atoms with E-state index in [9.17, 15) is 13.2 Å². The number of hydrogen-bond acceptors (Lipinski definition) is 4. The van der Waals surface area contributed by atoms with Gasteiger partial charge in [0.05, 0.1) is 4.90 Å². The Morgan fingerprint density at radius 1 is 1.12 bits per heavy atom. The molecule has 25 heavy (non-hydrogen) atoms. The number of benzene rings is 2. The van der Waals surface area contributed by atoms with Gasteiger partial charge in [0, 0.05) is 11.0 Å². The van der Waals surface area contributed by atoms with Gasteiger partial charge in [0.1, 0.15) is 5.25 Å². The predicted octanol–water partition coefficient (Wildman–Crippen LogP) is 3.83. The summed E-state index contributed by atoms with van der Waals surface area (Å²) in [4.78, 5) is 14.1. The third kappa shape index (κ3) is 3.80. The first-order chi connectivity index (χ1) is 11.9. The van der Waals surface area contributed by atoms with Crippen LogP contribution in [0.5, 0.6) is 0 Å². The van der Waals surface area contributed by atoms with E-state index in [-0.39, 0.29) is 16.0 Å². The third-order valence-electron chi connectivity index (χ3n) is 3.67. The first-order valence-electron chi connectivity index (χ1n) is 7.56. The molecule has 3 rings (SSSR count). The number of nitrogens with zero attached hydrogens (tertiary/aromatic N) is 2. The topological polar surface area (TPSA) is 66.8 Å². The molecular weight excluding hydrogens is 424 g/mol. The minimum absolute atomic E-state index is 0.0930. The first-order valence-corrected chi connectivity index (χ1v) is 10.7. The van der Waals surface area contributed by atoms with Crippen LogP contribution in [-0.2, 0) is 14.8 Å². The molecule has 0 unspecified atom stereocenters. The molecule has 2 aromatic carbocycles. The van der Waals surface area contributed by atoms with Crippen LogP contribution in [0.2, 0.25) is 0 Å². The van der Waals surface area contributed by atoms with Crippen molar-refractivity contribution in [2.24, 2.45) is 4.40 Å². The molecule has 8 heteroatoms.